The minimum atomic E-state index is -0.0350. The van der Waals surface area contributed by atoms with Crippen molar-refractivity contribution in [3.63, 3.8) is 0 Å². The monoisotopic (exact) mass is 332 g/mol. The molecule has 0 aromatic heterocycles. The van der Waals surface area contributed by atoms with Crippen molar-refractivity contribution in [2.24, 2.45) is 0 Å². The Hall–Kier alpha value is -2.20. The van der Waals surface area contributed by atoms with E-state index in [-0.39, 0.29) is 5.91 Å². The van der Waals surface area contributed by atoms with E-state index in [9.17, 15) is 4.79 Å². The van der Waals surface area contributed by atoms with Crippen LogP contribution in [0.15, 0.2) is 36.4 Å². The summed E-state index contributed by atoms with van der Waals surface area (Å²) in [5, 5.41) is 6.74. The van der Waals surface area contributed by atoms with Gasteiger partial charge in [-0.05, 0) is 49.2 Å². The second kappa shape index (κ2) is 7.88. The first-order valence-corrected chi connectivity index (χ1v) is 7.82. The number of rotatable bonds is 6. The normalized spacial score (nSPS) is 10.3. The first kappa shape index (κ1) is 17.2. The van der Waals surface area contributed by atoms with Gasteiger partial charge in [0.2, 0.25) is 5.91 Å². The van der Waals surface area contributed by atoms with Crippen molar-refractivity contribution in [2.45, 2.75) is 20.3 Å². The fraction of sp³-hybridized carbons (Fsp3) is 0.278. The third kappa shape index (κ3) is 4.63. The Labute approximate surface area is 141 Å². The van der Waals surface area contributed by atoms with E-state index in [4.69, 9.17) is 16.3 Å². The Morgan fingerprint density at radius 2 is 1.96 bits per heavy atom. The van der Waals surface area contributed by atoms with E-state index in [1.807, 2.05) is 32.0 Å². The summed E-state index contributed by atoms with van der Waals surface area (Å²) in [5.74, 6) is 0.663. The van der Waals surface area contributed by atoms with Gasteiger partial charge in [-0.1, -0.05) is 23.7 Å². The number of methoxy groups -OCH3 is 1. The molecule has 1 amide bonds. The number of halogens is 1. The molecule has 2 N–H and O–H groups in total. The van der Waals surface area contributed by atoms with Gasteiger partial charge < -0.3 is 15.4 Å². The summed E-state index contributed by atoms with van der Waals surface area (Å²) in [4.78, 5) is 12.1. The molecule has 0 atom stereocenters. The van der Waals surface area contributed by atoms with Crippen LogP contribution < -0.4 is 15.4 Å². The average Bonchev–Trinajstić information content (AvgIpc) is 2.52. The number of amides is 1. The molecule has 0 spiro atoms. The van der Waals surface area contributed by atoms with Crippen molar-refractivity contribution in [2.75, 3.05) is 24.3 Å². The second-order valence-electron chi connectivity index (χ2n) is 5.32. The van der Waals surface area contributed by atoms with Gasteiger partial charge in [0.25, 0.3) is 0 Å². The fourth-order valence-electron chi connectivity index (χ4n) is 2.23. The summed E-state index contributed by atoms with van der Waals surface area (Å²) < 4.78 is 5.26. The molecule has 0 unspecified atom stereocenters. The molecule has 23 heavy (non-hydrogen) atoms. The van der Waals surface area contributed by atoms with Crippen LogP contribution in [-0.2, 0) is 4.79 Å². The van der Waals surface area contributed by atoms with Crippen molar-refractivity contribution < 1.29 is 9.53 Å². The molecule has 0 aliphatic heterocycles. The van der Waals surface area contributed by atoms with Crippen LogP contribution in [-0.4, -0.2) is 19.6 Å². The molecule has 0 bridgehead atoms. The lowest BCUT2D eigenvalue weighted by molar-refractivity contribution is -0.115. The van der Waals surface area contributed by atoms with E-state index in [2.05, 4.69) is 10.6 Å². The Balaban J connectivity index is 1.90. The summed E-state index contributed by atoms with van der Waals surface area (Å²) in [6.45, 7) is 4.52. The van der Waals surface area contributed by atoms with Crippen LogP contribution in [0.1, 0.15) is 17.5 Å². The highest BCUT2D eigenvalue weighted by Gasteiger charge is 2.07. The molecule has 2 rings (SSSR count). The number of nitrogens with one attached hydrogen (secondary N) is 2. The summed E-state index contributed by atoms with van der Waals surface area (Å²) in [6.07, 6.45) is 0.350. The molecule has 0 fully saturated rings. The minimum Gasteiger partial charge on any atom is -0.495 e. The van der Waals surface area contributed by atoms with Gasteiger partial charge in [-0.25, -0.2) is 0 Å². The van der Waals surface area contributed by atoms with E-state index in [0.717, 1.165) is 22.5 Å². The molecule has 0 radical (unpaired) electrons. The molecule has 0 heterocycles. The Bertz CT molecular complexity index is 701. The van der Waals surface area contributed by atoms with Crippen molar-refractivity contribution in [3.05, 3.63) is 52.5 Å². The lowest BCUT2D eigenvalue weighted by atomic mass is 10.1. The first-order chi connectivity index (χ1) is 11.0. The Morgan fingerprint density at radius 3 is 2.70 bits per heavy atom. The lowest BCUT2D eigenvalue weighted by Crippen LogP contribution is -2.17. The van der Waals surface area contributed by atoms with Crippen molar-refractivity contribution in [1.29, 1.82) is 0 Å². The largest absolute Gasteiger partial charge is 0.495 e. The molecule has 2 aromatic rings. The maximum absolute atomic E-state index is 12.1. The zero-order chi connectivity index (χ0) is 16.8. The van der Waals surface area contributed by atoms with Gasteiger partial charge in [-0.3, -0.25) is 4.79 Å². The highest BCUT2D eigenvalue weighted by Crippen LogP contribution is 2.27. The number of hydrogen-bond donors (Lipinski definition) is 2. The van der Waals surface area contributed by atoms with Crippen LogP contribution in [0.25, 0.3) is 0 Å². The number of anilines is 2. The van der Waals surface area contributed by atoms with Gasteiger partial charge >= 0.3 is 0 Å². The highest BCUT2D eigenvalue weighted by molar-refractivity contribution is 6.30. The van der Waals surface area contributed by atoms with E-state index in [0.29, 0.717) is 23.7 Å². The van der Waals surface area contributed by atoms with Crippen molar-refractivity contribution in [1.82, 2.24) is 0 Å². The third-order valence-electron chi connectivity index (χ3n) is 3.71. The van der Waals surface area contributed by atoms with Crippen LogP contribution in [0.3, 0.4) is 0 Å². The average molecular weight is 333 g/mol. The third-order valence-corrected chi connectivity index (χ3v) is 3.94. The van der Waals surface area contributed by atoms with E-state index >= 15 is 0 Å². The summed E-state index contributed by atoms with van der Waals surface area (Å²) in [7, 11) is 1.60. The molecule has 0 aliphatic carbocycles. The van der Waals surface area contributed by atoms with Gasteiger partial charge in [0.15, 0.2) is 0 Å². The number of carbonyl (C=O) groups is 1. The topological polar surface area (TPSA) is 50.4 Å². The first-order valence-electron chi connectivity index (χ1n) is 7.44. The standard InChI is InChI=1S/C18H21ClN2O2/c1-12-5-4-6-15(13(12)2)21-18(22)9-10-20-16-11-14(19)7-8-17(16)23-3/h4-8,11,20H,9-10H2,1-3H3,(H,21,22). The fourth-order valence-corrected chi connectivity index (χ4v) is 2.40. The minimum absolute atomic E-state index is 0.0350. The zero-order valence-corrected chi connectivity index (χ0v) is 14.3. The lowest BCUT2D eigenvalue weighted by Gasteiger charge is -2.13. The number of ether oxygens (including phenoxy) is 1. The number of carbonyl (C=O) groups excluding carboxylic acids is 1. The maximum Gasteiger partial charge on any atom is 0.226 e. The van der Waals surface area contributed by atoms with Gasteiger partial charge in [0.05, 0.1) is 12.8 Å². The highest BCUT2D eigenvalue weighted by atomic mass is 35.5. The molecular formula is C18H21ClN2O2. The molecule has 122 valence electrons. The zero-order valence-electron chi connectivity index (χ0n) is 13.6. The van der Waals surface area contributed by atoms with Gasteiger partial charge in [-0.2, -0.15) is 0 Å². The van der Waals surface area contributed by atoms with Crippen molar-refractivity contribution in [3.8, 4) is 5.75 Å². The SMILES string of the molecule is COc1ccc(Cl)cc1NCCC(=O)Nc1cccc(C)c1C. The second-order valence-corrected chi connectivity index (χ2v) is 5.75. The van der Waals surface area contributed by atoms with Crippen LogP contribution in [0, 0.1) is 13.8 Å². The Kier molecular flexibility index (Phi) is 5.88. The number of aryl methyl sites for hydroxylation is 1. The summed E-state index contributed by atoms with van der Waals surface area (Å²) in [6, 6.07) is 11.2. The number of benzene rings is 2. The molecule has 4 nitrogen and oxygen atoms in total. The Morgan fingerprint density at radius 1 is 1.17 bits per heavy atom. The quantitative estimate of drug-likeness (QED) is 0.824. The van der Waals surface area contributed by atoms with Crippen LogP contribution >= 0.6 is 11.6 Å². The van der Waals surface area contributed by atoms with Gasteiger partial charge in [0.1, 0.15) is 5.75 Å². The van der Waals surface area contributed by atoms with Crippen LogP contribution in [0.2, 0.25) is 5.02 Å². The predicted octanol–water partition coefficient (Wildman–Crippen LogP) is 4.41. The molecule has 0 aliphatic rings. The molecule has 2 aromatic carbocycles. The number of hydrogen-bond acceptors (Lipinski definition) is 3. The molecular weight excluding hydrogens is 312 g/mol. The predicted molar refractivity (Wildman–Crippen MR) is 95.7 cm³/mol. The summed E-state index contributed by atoms with van der Waals surface area (Å²) >= 11 is 5.98. The van der Waals surface area contributed by atoms with E-state index in [1.165, 1.54) is 0 Å². The molecule has 5 heteroatoms. The van der Waals surface area contributed by atoms with Crippen LogP contribution in [0.4, 0.5) is 11.4 Å². The van der Waals surface area contributed by atoms with E-state index in [1.54, 1.807) is 25.3 Å². The molecule has 0 saturated heterocycles. The maximum atomic E-state index is 12.1. The van der Waals surface area contributed by atoms with E-state index < -0.39 is 0 Å². The molecule has 0 saturated carbocycles. The van der Waals surface area contributed by atoms with Crippen molar-refractivity contribution >= 4 is 28.9 Å². The summed E-state index contributed by atoms with van der Waals surface area (Å²) in [5.41, 5.74) is 3.88. The van der Waals surface area contributed by atoms with Gasteiger partial charge in [-0.15, -0.1) is 0 Å². The van der Waals surface area contributed by atoms with Crippen LogP contribution in [0.5, 0.6) is 5.75 Å². The smallest absolute Gasteiger partial charge is 0.226 e. The van der Waals surface area contributed by atoms with Gasteiger partial charge in [0, 0.05) is 23.7 Å².